The highest BCUT2D eigenvalue weighted by Crippen LogP contribution is 2.22. The lowest BCUT2D eigenvalue weighted by molar-refractivity contribution is 0.365. The molecule has 3 nitrogen and oxygen atoms in total. The van der Waals surface area contributed by atoms with Crippen molar-refractivity contribution >= 4 is 5.69 Å². The fourth-order valence-electron chi connectivity index (χ4n) is 1.17. The number of allylic oxidation sites excluding steroid dienone is 1. The molecular weight excluding hydrogens is 176 g/mol. The summed E-state index contributed by atoms with van der Waals surface area (Å²) >= 11 is 0. The molecule has 2 N–H and O–H groups in total. The summed E-state index contributed by atoms with van der Waals surface area (Å²) in [4.78, 5) is 0. The van der Waals surface area contributed by atoms with Gasteiger partial charge in [-0.3, -0.25) is 0 Å². The fraction of sp³-hybridized carbons (Fsp3) is 0.182. The monoisotopic (exact) mass is 188 g/mol. The van der Waals surface area contributed by atoms with Gasteiger partial charge in [-0.15, -0.1) is 6.58 Å². The molecule has 1 rings (SSSR count). The van der Waals surface area contributed by atoms with E-state index in [-0.39, 0.29) is 6.61 Å². The van der Waals surface area contributed by atoms with Crippen LogP contribution in [0.5, 0.6) is 5.75 Å². The highest BCUT2D eigenvalue weighted by Gasteiger charge is 2.02. The maximum absolute atomic E-state index is 8.38. The number of hydrogen-bond acceptors (Lipinski definition) is 3. The van der Waals surface area contributed by atoms with Crippen molar-refractivity contribution in [1.29, 1.82) is 5.26 Å². The Kier molecular flexibility index (Phi) is 3.57. The summed E-state index contributed by atoms with van der Waals surface area (Å²) in [5, 5.41) is 8.38. The van der Waals surface area contributed by atoms with Crippen LogP contribution < -0.4 is 10.5 Å². The van der Waals surface area contributed by atoms with Crippen LogP contribution in [0.25, 0.3) is 0 Å². The number of nitrogens with two attached hydrogens (primary N) is 1. The van der Waals surface area contributed by atoms with Gasteiger partial charge in [0.1, 0.15) is 11.8 Å². The molecule has 0 amide bonds. The lowest BCUT2D eigenvalue weighted by atomic mass is 10.1. The Morgan fingerprint density at radius 3 is 3.00 bits per heavy atom. The summed E-state index contributed by atoms with van der Waals surface area (Å²) in [6.07, 6.45) is 2.46. The van der Waals surface area contributed by atoms with E-state index in [4.69, 9.17) is 15.7 Å². The first-order valence-corrected chi connectivity index (χ1v) is 4.27. The quantitative estimate of drug-likeness (QED) is 0.580. The Balaban J connectivity index is 2.90. The van der Waals surface area contributed by atoms with Gasteiger partial charge in [-0.2, -0.15) is 5.26 Å². The van der Waals surface area contributed by atoms with Gasteiger partial charge in [0.2, 0.25) is 0 Å². The predicted octanol–water partition coefficient (Wildman–Crippen LogP) is 1.90. The van der Waals surface area contributed by atoms with Crippen LogP contribution in [0.15, 0.2) is 30.9 Å². The van der Waals surface area contributed by atoms with E-state index in [9.17, 15) is 0 Å². The third-order valence-corrected chi connectivity index (χ3v) is 1.74. The summed E-state index contributed by atoms with van der Waals surface area (Å²) in [6.45, 7) is 3.70. The van der Waals surface area contributed by atoms with Gasteiger partial charge in [-0.1, -0.05) is 6.08 Å². The Morgan fingerprint density at radius 2 is 2.36 bits per heavy atom. The molecule has 0 atom stereocenters. The lowest BCUT2D eigenvalue weighted by Crippen LogP contribution is -1.98. The van der Waals surface area contributed by atoms with Crippen molar-refractivity contribution in [1.82, 2.24) is 0 Å². The van der Waals surface area contributed by atoms with E-state index in [0.717, 1.165) is 5.56 Å². The molecule has 3 heteroatoms. The number of anilines is 1. The molecule has 0 aromatic heterocycles. The molecule has 0 saturated carbocycles. The van der Waals surface area contributed by atoms with Crippen molar-refractivity contribution in [3.63, 3.8) is 0 Å². The van der Waals surface area contributed by atoms with Crippen LogP contribution in [-0.2, 0) is 6.42 Å². The first-order valence-electron chi connectivity index (χ1n) is 4.27. The molecule has 72 valence electrons. The summed E-state index contributed by atoms with van der Waals surface area (Å²) in [6, 6.07) is 7.27. The molecule has 0 fully saturated rings. The smallest absolute Gasteiger partial charge is 0.174 e. The minimum atomic E-state index is 0.0497. The van der Waals surface area contributed by atoms with Crippen LogP contribution in [0.4, 0.5) is 5.69 Å². The fourth-order valence-corrected chi connectivity index (χ4v) is 1.17. The van der Waals surface area contributed by atoms with E-state index in [2.05, 4.69) is 6.58 Å². The average molecular weight is 188 g/mol. The van der Waals surface area contributed by atoms with Crippen LogP contribution >= 0.6 is 0 Å². The topological polar surface area (TPSA) is 59.0 Å². The third kappa shape index (κ3) is 2.53. The standard InChI is InChI=1S/C11H12N2O/c1-2-3-9-8-10(13)4-5-11(9)14-7-6-12/h2,4-5,8H,1,3,7,13H2. The van der Waals surface area contributed by atoms with Crippen molar-refractivity contribution < 1.29 is 4.74 Å². The molecule has 0 aliphatic rings. The average Bonchev–Trinajstić information content (AvgIpc) is 2.17. The molecule has 0 saturated heterocycles. The molecular formula is C11H12N2O. The molecule has 0 spiro atoms. The van der Waals surface area contributed by atoms with Gasteiger partial charge in [0.25, 0.3) is 0 Å². The first kappa shape index (κ1) is 10.1. The zero-order chi connectivity index (χ0) is 10.4. The molecule has 0 aliphatic carbocycles. The minimum absolute atomic E-state index is 0.0497. The summed E-state index contributed by atoms with van der Waals surface area (Å²) in [5.74, 6) is 0.695. The molecule has 1 aromatic carbocycles. The Hall–Kier alpha value is -1.95. The summed E-state index contributed by atoms with van der Waals surface area (Å²) in [5.41, 5.74) is 7.27. The second kappa shape index (κ2) is 4.93. The predicted molar refractivity (Wildman–Crippen MR) is 55.9 cm³/mol. The number of nitrogens with zero attached hydrogens (tertiary/aromatic N) is 1. The number of benzene rings is 1. The summed E-state index contributed by atoms with van der Waals surface area (Å²) in [7, 11) is 0. The van der Waals surface area contributed by atoms with E-state index >= 15 is 0 Å². The number of ether oxygens (including phenoxy) is 1. The largest absolute Gasteiger partial charge is 0.478 e. The van der Waals surface area contributed by atoms with Gasteiger partial charge in [-0.25, -0.2) is 0 Å². The van der Waals surface area contributed by atoms with Gasteiger partial charge in [0, 0.05) is 5.69 Å². The van der Waals surface area contributed by atoms with Crippen LogP contribution in [0.2, 0.25) is 0 Å². The minimum Gasteiger partial charge on any atom is -0.478 e. The molecule has 0 aliphatic heterocycles. The van der Waals surface area contributed by atoms with Crippen LogP contribution in [0.3, 0.4) is 0 Å². The molecule has 0 unspecified atom stereocenters. The maximum Gasteiger partial charge on any atom is 0.174 e. The number of nitriles is 1. The van der Waals surface area contributed by atoms with Gasteiger partial charge >= 0.3 is 0 Å². The molecule has 0 bridgehead atoms. The zero-order valence-electron chi connectivity index (χ0n) is 7.86. The highest BCUT2D eigenvalue weighted by atomic mass is 16.5. The number of nitrogen functional groups attached to an aromatic ring is 1. The molecule has 14 heavy (non-hydrogen) atoms. The van der Waals surface area contributed by atoms with Crippen LogP contribution in [-0.4, -0.2) is 6.61 Å². The summed E-state index contributed by atoms with van der Waals surface area (Å²) < 4.78 is 5.23. The zero-order valence-corrected chi connectivity index (χ0v) is 7.86. The van der Waals surface area contributed by atoms with E-state index in [1.165, 1.54) is 0 Å². The third-order valence-electron chi connectivity index (χ3n) is 1.74. The highest BCUT2D eigenvalue weighted by molar-refractivity contribution is 5.48. The van der Waals surface area contributed by atoms with Crippen LogP contribution in [0, 0.1) is 11.3 Å². The Bertz CT molecular complexity index is 366. The van der Waals surface area contributed by atoms with Crippen molar-refractivity contribution in [2.75, 3.05) is 12.3 Å². The van der Waals surface area contributed by atoms with E-state index < -0.39 is 0 Å². The van der Waals surface area contributed by atoms with E-state index in [1.807, 2.05) is 12.1 Å². The first-order chi connectivity index (χ1) is 6.77. The van der Waals surface area contributed by atoms with Crippen LogP contribution in [0.1, 0.15) is 5.56 Å². The Morgan fingerprint density at radius 1 is 1.57 bits per heavy atom. The van der Waals surface area contributed by atoms with Gasteiger partial charge in [0.05, 0.1) is 0 Å². The molecule has 1 aromatic rings. The van der Waals surface area contributed by atoms with Crippen molar-refractivity contribution in [3.8, 4) is 11.8 Å². The second-order valence-electron chi connectivity index (χ2n) is 2.81. The number of hydrogen-bond donors (Lipinski definition) is 1. The van der Waals surface area contributed by atoms with Gasteiger partial charge in [0.15, 0.2) is 6.61 Å². The second-order valence-corrected chi connectivity index (χ2v) is 2.81. The molecule has 0 heterocycles. The van der Waals surface area contributed by atoms with Crippen molar-refractivity contribution in [3.05, 3.63) is 36.4 Å². The van der Waals surface area contributed by atoms with Crippen molar-refractivity contribution in [2.24, 2.45) is 0 Å². The molecule has 0 radical (unpaired) electrons. The van der Waals surface area contributed by atoms with Gasteiger partial charge in [-0.05, 0) is 30.2 Å². The van der Waals surface area contributed by atoms with Crippen molar-refractivity contribution in [2.45, 2.75) is 6.42 Å². The lowest BCUT2D eigenvalue weighted by Gasteiger charge is -2.08. The van der Waals surface area contributed by atoms with E-state index in [0.29, 0.717) is 17.9 Å². The van der Waals surface area contributed by atoms with E-state index in [1.54, 1.807) is 18.2 Å². The number of rotatable bonds is 4. The Labute approximate surface area is 83.4 Å². The van der Waals surface area contributed by atoms with Gasteiger partial charge < -0.3 is 10.5 Å². The normalized spacial score (nSPS) is 9.07. The maximum atomic E-state index is 8.38. The SMILES string of the molecule is C=CCc1cc(N)ccc1OCC#N.